The quantitative estimate of drug-likeness (QED) is 0.289. The average molecular weight is 256 g/mol. The van der Waals surface area contributed by atoms with Crippen LogP contribution < -0.4 is 5.32 Å². The van der Waals surface area contributed by atoms with Gasteiger partial charge in [0.15, 0.2) is 0 Å². The van der Waals surface area contributed by atoms with E-state index in [1.165, 1.54) is 0 Å². The summed E-state index contributed by atoms with van der Waals surface area (Å²) in [7, 11) is 8.13. The first kappa shape index (κ1) is 14.8. The highest BCUT2D eigenvalue weighted by molar-refractivity contribution is 5.74. The van der Waals surface area contributed by atoms with Crippen molar-refractivity contribution in [3.8, 4) is 0 Å². The first-order valence-corrected chi connectivity index (χ1v) is 6.41. The summed E-state index contributed by atoms with van der Waals surface area (Å²) in [6.07, 6.45) is 0.944. The molecule has 6 heteroatoms. The Kier molecular flexibility index (Phi) is 5.91. The third-order valence-corrected chi connectivity index (χ3v) is 3.11. The highest BCUT2D eigenvalue weighted by Gasteiger charge is 2.16. The Bertz CT molecular complexity index is 291. The SMILES string of the molecule is CN(C)C(NCCN1CCN(C=O)CC1)=[N+](C)C. The molecule has 0 aromatic heterocycles. The van der Waals surface area contributed by atoms with E-state index in [-0.39, 0.29) is 0 Å². The van der Waals surface area contributed by atoms with E-state index in [1.54, 1.807) is 0 Å². The van der Waals surface area contributed by atoms with Crippen molar-refractivity contribution in [2.45, 2.75) is 0 Å². The lowest BCUT2D eigenvalue weighted by atomic mass is 10.3. The van der Waals surface area contributed by atoms with Crippen molar-refractivity contribution in [3.05, 3.63) is 0 Å². The Balaban J connectivity index is 2.26. The summed E-state index contributed by atoms with van der Waals surface area (Å²) >= 11 is 0. The maximum atomic E-state index is 10.6. The number of hydrogen-bond donors (Lipinski definition) is 1. The molecule has 1 fully saturated rings. The van der Waals surface area contributed by atoms with E-state index >= 15 is 0 Å². The predicted octanol–water partition coefficient (Wildman–Crippen LogP) is -1.46. The summed E-state index contributed by atoms with van der Waals surface area (Å²) in [5.41, 5.74) is 0. The molecule has 1 aliphatic heterocycles. The fourth-order valence-corrected chi connectivity index (χ4v) is 2.13. The van der Waals surface area contributed by atoms with Gasteiger partial charge in [-0.25, -0.2) is 0 Å². The van der Waals surface area contributed by atoms with Crippen molar-refractivity contribution >= 4 is 12.4 Å². The van der Waals surface area contributed by atoms with Crippen LogP contribution in [0.1, 0.15) is 0 Å². The number of rotatable bonds is 4. The minimum Gasteiger partial charge on any atom is -0.343 e. The van der Waals surface area contributed by atoms with Crippen LogP contribution in [0.2, 0.25) is 0 Å². The molecule has 104 valence electrons. The zero-order chi connectivity index (χ0) is 13.5. The Labute approximate surface area is 110 Å². The van der Waals surface area contributed by atoms with Crippen LogP contribution in [0.5, 0.6) is 0 Å². The van der Waals surface area contributed by atoms with Gasteiger partial charge in [-0.1, -0.05) is 0 Å². The minimum atomic E-state index is 0.849. The number of nitrogens with one attached hydrogen (secondary N) is 1. The molecular formula is C12H26N5O+. The first-order chi connectivity index (χ1) is 8.54. The van der Waals surface area contributed by atoms with Gasteiger partial charge in [0.25, 0.3) is 0 Å². The Hall–Kier alpha value is -1.30. The van der Waals surface area contributed by atoms with Crippen LogP contribution in [0.3, 0.4) is 0 Å². The van der Waals surface area contributed by atoms with Gasteiger partial charge in [0, 0.05) is 32.7 Å². The fraction of sp³-hybridized carbons (Fsp3) is 0.833. The number of guanidine groups is 1. The molecule has 1 rings (SSSR count). The lowest BCUT2D eigenvalue weighted by Crippen LogP contribution is -2.49. The van der Waals surface area contributed by atoms with Crippen LogP contribution >= 0.6 is 0 Å². The third-order valence-electron chi connectivity index (χ3n) is 3.11. The van der Waals surface area contributed by atoms with Crippen LogP contribution in [-0.2, 0) is 4.79 Å². The molecule has 0 unspecified atom stereocenters. The predicted molar refractivity (Wildman–Crippen MR) is 72.9 cm³/mol. The summed E-state index contributed by atoms with van der Waals surface area (Å²) in [4.78, 5) is 16.9. The smallest absolute Gasteiger partial charge is 0.343 e. The van der Waals surface area contributed by atoms with Gasteiger partial charge < -0.3 is 4.90 Å². The molecule has 18 heavy (non-hydrogen) atoms. The molecule has 1 aliphatic rings. The van der Waals surface area contributed by atoms with Gasteiger partial charge in [0.2, 0.25) is 6.41 Å². The van der Waals surface area contributed by atoms with Crippen molar-refractivity contribution in [1.82, 2.24) is 20.0 Å². The van der Waals surface area contributed by atoms with Crippen LogP contribution in [0.25, 0.3) is 0 Å². The first-order valence-electron chi connectivity index (χ1n) is 6.41. The molecule has 0 aromatic carbocycles. The Morgan fingerprint density at radius 3 is 2.33 bits per heavy atom. The van der Waals surface area contributed by atoms with Gasteiger partial charge in [-0.05, 0) is 0 Å². The Morgan fingerprint density at radius 2 is 1.89 bits per heavy atom. The lowest BCUT2D eigenvalue weighted by Gasteiger charge is -2.32. The third kappa shape index (κ3) is 4.52. The van der Waals surface area contributed by atoms with E-state index in [2.05, 4.69) is 19.7 Å². The minimum absolute atomic E-state index is 0.849. The zero-order valence-electron chi connectivity index (χ0n) is 12.0. The second-order valence-electron chi connectivity index (χ2n) is 5.02. The zero-order valence-corrected chi connectivity index (χ0v) is 12.0. The van der Waals surface area contributed by atoms with E-state index in [9.17, 15) is 4.79 Å². The number of nitrogens with zero attached hydrogens (tertiary/aromatic N) is 4. The van der Waals surface area contributed by atoms with Gasteiger partial charge in [-0.15, -0.1) is 0 Å². The van der Waals surface area contributed by atoms with Gasteiger partial charge >= 0.3 is 5.96 Å². The average Bonchev–Trinajstić information content (AvgIpc) is 2.34. The molecule has 0 bridgehead atoms. The summed E-state index contributed by atoms with van der Waals surface area (Å²) in [5.74, 6) is 1.11. The van der Waals surface area contributed by atoms with Gasteiger partial charge in [0.1, 0.15) is 0 Å². The maximum Gasteiger partial charge on any atom is 0.347 e. The number of amides is 1. The largest absolute Gasteiger partial charge is 0.347 e. The van der Waals surface area contributed by atoms with Crippen LogP contribution in [0.4, 0.5) is 0 Å². The highest BCUT2D eigenvalue weighted by atomic mass is 16.1. The van der Waals surface area contributed by atoms with E-state index < -0.39 is 0 Å². The van der Waals surface area contributed by atoms with Crippen LogP contribution in [0.15, 0.2) is 0 Å². The van der Waals surface area contributed by atoms with E-state index in [4.69, 9.17) is 0 Å². The summed E-state index contributed by atoms with van der Waals surface area (Å²) in [5, 5.41) is 3.43. The molecule has 6 nitrogen and oxygen atoms in total. The number of hydrogen-bond acceptors (Lipinski definition) is 2. The molecule has 0 atom stereocenters. The number of carbonyl (C=O) groups excluding carboxylic acids is 1. The van der Waals surface area contributed by atoms with Gasteiger partial charge in [-0.2, -0.15) is 0 Å². The Morgan fingerprint density at radius 1 is 1.28 bits per heavy atom. The lowest BCUT2D eigenvalue weighted by molar-refractivity contribution is -0.472. The van der Waals surface area contributed by atoms with E-state index in [0.717, 1.165) is 51.6 Å². The molecule has 0 saturated carbocycles. The molecule has 0 radical (unpaired) electrons. The fourth-order valence-electron chi connectivity index (χ4n) is 2.13. The molecule has 1 amide bonds. The monoisotopic (exact) mass is 256 g/mol. The topological polar surface area (TPSA) is 41.8 Å². The standard InChI is InChI=1S/C12H25N5O/c1-14(2)12(15(3)4)13-5-6-16-7-9-17(11-18)10-8-16/h11H,5-10H2,1-4H3/p+1. The highest BCUT2D eigenvalue weighted by Crippen LogP contribution is 1.97. The van der Waals surface area contributed by atoms with Crippen molar-refractivity contribution in [2.75, 3.05) is 67.5 Å². The molecule has 1 heterocycles. The normalized spacial score (nSPS) is 16.3. The molecule has 0 aliphatic carbocycles. The number of carbonyl (C=O) groups is 1. The maximum absolute atomic E-state index is 10.6. The number of piperazine rings is 1. The second-order valence-corrected chi connectivity index (χ2v) is 5.02. The summed E-state index contributed by atoms with van der Waals surface area (Å²) in [6, 6.07) is 0. The van der Waals surface area contributed by atoms with Gasteiger partial charge in [-0.3, -0.25) is 24.5 Å². The second kappa shape index (κ2) is 7.20. The summed E-state index contributed by atoms with van der Waals surface area (Å²) < 4.78 is 2.07. The molecule has 0 spiro atoms. The van der Waals surface area contributed by atoms with Gasteiger partial charge in [0.05, 0.1) is 34.7 Å². The van der Waals surface area contributed by atoms with Crippen molar-refractivity contribution in [3.63, 3.8) is 0 Å². The van der Waals surface area contributed by atoms with E-state index in [0.29, 0.717) is 0 Å². The van der Waals surface area contributed by atoms with E-state index in [1.807, 2.05) is 33.1 Å². The van der Waals surface area contributed by atoms with Crippen LogP contribution in [-0.4, -0.2) is 99.1 Å². The molecule has 0 aromatic rings. The summed E-state index contributed by atoms with van der Waals surface area (Å²) in [6.45, 7) is 5.58. The van der Waals surface area contributed by atoms with Crippen LogP contribution in [0, 0.1) is 0 Å². The molecule has 1 N–H and O–H groups in total. The van der Waals surface area contributed by atoms with Crippen molar-refractivity contribution in [2.24, 2.45) is 0 Å². The van der Waals surface area contributed by atoms with Crippen molar-refractivity contribution < 1.29 is 9.37 Å². The van der Waals surface area contributed by atoms with Crippen molar-refractivity contribution in [1.29, 1.82) is 0 Å². The molecule has 1 saturated heterocycles. The molecular weight excluding hydrogens is 230 g/mol.